The van der Waals surface area contributed by atoms with Crippen LogP contribution in [0.3, 0.4) is 0 Å². The van der Waals surface area contributed by atoms with Gasteiger partial charge in [-0.15, -0.1) is 0 Å². The lowest BCUT2D eigenvalue weighted by molar-refractivity contribution is -0.129. The number of imide groups is 1. The van der Waals surface area contributed by atoms with E-state index in [2.05, 4.69) is 28.1 Å². The van der Waals surface area contributed by atoms with Crippen LogP contribution in [0, 0.1) is 5.41 Å². The van der Waals surface area contributed by atoms with Crippen LogP contribution in [0.25, 0.3) is 10.9 Å². The van der Waals surface area contributed by atoms with Crippen LogP contribution < -0.4 is 5.32 Å². The Morgan fingerprint density at radius 2 is 2.05 bits per heavy atom. The van der Waals surface area contributed by atoms with Crippen LogP contribution in [0.4, 0.5) is 0 Å². The molecule has 4 nitrogen and oxygen atoms in total. The van der Waals surface area contributed by atoms with Crippen molar-refractivity contribution in [3.8, 4) is 0 Å². The summed E-state index contributed by atoms with van der Waals surface area (Å²) in [6.45, 7) is 0.618. The van der Waals surface area contributed by atoms with Crippen molar-refractivity contribution < 1.29 is 9.59 Å². The molecule has 1 unspecified atom stereocenters. The van der Waals surface area contributed by atoms with Gasteiger partial charge >= 0.3 is 0 Å². The highest BCUT2D eigenvalue weighted by Crippen LogP contribution is 2.40. The van der Waals surface area contributed by atoms with Gasteiger partial charge in [-0.1, -0.05) is 18.2 Å². The molecular formula is C15H14N2O2. The van der Waals surface area contributed by atoms with Gasteiger partial charge < -0.3 is 4.57 Å². The molecule has 19 heavy (non-hydrogen) atoms. The van der Waals surface area contributed by atoms with Crippen LogP contribution in [-0.2, 0) is 22.6 Å². The highest BCUT2D eigenvalue weighted by atomic mass is 16.2. The van der Waals surface area contributed by atoms with E-state index in [0.717, 1.165) is 18.4 Å². The standard InChI is InChI=1S/C15H14N2O2/c18-13-8-15(14(19)16-13)6-5-11-7-10-3-1-2-4-12(10)17(11)9-15/h1-4,7H,5-6,8-9H2,(H,16,18,19). The molecule has 1 aromatic carbocycles. The summed E-state index contributed by atoms with van der Waals surface area (Å²) in [5, 5.41) is 3.66. The van der Waals surface area contributed by atoms with Crippen molar-refractivity contribution in [2.45, 2.75) is 25.8 Å². The molecule has 2 amide bonds. The van der Waals surface area contributed by atoms with Gasteiger partial charge in [0.1, 0.15) is 0 Å². The fourth-order valence-electron chi connectivity index (χ4n) is 3.43. The van der Waals surface area contributed by atoms with E-state index in [0.29, 0.717) is 13.0 Å². The number of aromatic nitrogens is 1. The van der Waals surface area contributed by atoms with Gasteiger partial charge in [-0.25, -0.2) is 0 Å². The molecule has 4 heteroatoms. The van der Waals surface area contributed by atoms with Crippen molar-refractivity contribution >= 4 is 22.7 Å². The minimum absolute atomic E-state index is 0.0964. The first-order valence-electron chi connectivity index (χ1n) is 6.59. The first-order valence-corrected chi connectivity index (χ1v) is 6.59. The van der Waals surface area contributed by atoms with Crippen LogP contribution in [-0.4, -0.2) is 16.4 Å². The Morgan fingerprint density at radius 1 is 1.21 bits per heavy atom. The van der Waals surface area contributed by atoms with E-state index in [4.69, 9.17) is 0 Å². The van der Waals surface area contributed by atoms with Gasteiger partial charge in [-0.2, -0.15) is 0 Å². The van der Waals surface area contributed by atoms with Crippen molar-refractivity contribution in [2.75, 3.05) is 0 Å². The molecule has 2 aliphatic rings. The number of carbonyl (C=O) groups is 2. The SMILES string of the molecule is O=C1CC2(CCc3cc4ccccc4n3C2)C(=O)N1. The number of amides is 2. The van der Waals surface area contributed by atoms with Crippen molar-refractivity contribution in [2.24, 2.45) is 5.41 Å². The summed E-state index contributed by atoms with van der Waals surface area (Å²) in [7, 11) is 0. The van der Waals surface area contributed by atoms with Crippen LogP contribution in [0.5, 0.6) is 0 Å². The third-order valence-electron chi connectivity index (χ3n) is 4.45. The van der Waals surface area contributed by atoms with Gasteiger partial charge in [-0.05, 0) is 30.4 Å². The molecule has 1 atom stereocenters. The highest BCUT2D eigenvalue weighted by molar-refractivity contribution is 6.06. The Kier molecular flexibility index (Phi) is 1.97. The van der Waals surface area contributed by atoms with Crippen molar-refractivity contribution in [3.63, 3.8) is 0 Å². The van der Waals surface area contributed by atoms with E-state index in [1.165, 1.54) is 11.1 Å². The van der Waals surface area contributed by atoms with Crippen molar-refractivity contribution in [1.29, 1.82) is 0 Å². The largest absolute Gasteiger partial charge is 0.344 e. The average molecular weight is 254 g/mol. The molecule has 2 aromatic rings. The Bertz CT molecular complexity index is 716. The fraction of sp³-hybridized carbons (Fsp3) is 0.333. The maximum Gasteiger partial charge on any atom is 0.235 e. The van der Waals surface area contributed by atoms with Crippen LogP contribution in [0.1, 0.15) is 18.5 Å². The van der Waals surface area contributed by atoms with Gasteiger partial charge in [0, 0.05) is 24.2 Å². The first kappa shape index (κ1) is 10.8. The van der Waals surface area contributed by atoms with Crippen molar-refractivity contribution in [1.82, 2.24) is 9.88 Å². The molecule has 0 aliphatic carbocycles. The van der Waals surface area contributed by atoms with Gasteiger partial charge in [-0.3, -0.25) is 14.9 Å². The number of fused-ring (bicyclic) bond motifs is 3. The monoisotopic (exact) mass is 254 g/mol. The third-order valence-corrected chi connectivity index (χ3v) is 4.45. The molecule has 1 saturated heterocycles. The number of nitrogens with zero attached hydrogens (tertiary/aromatic N) is 1. The zero-order valence-electron chi connectivity index (χ0n) is 10.5. The number of aryl methyl sites for hydroxylation is 1. The molecule has 3 heterocycles. The number of hydrogen-bond donors (Lipinski definition) is 1. The van der Waals surface area contributed by atoms with Gasteiger partial charge in [0.15, 0.2) is 0 Å². The number of hydrogen-bond acceptors (Lipinski definition) is 2. The van der Waals surface area contributed by atoms with Crippen LogP contribution in [0.2, 0.25) is 0 Å². The molecule has 2 aliphatic heterocycles. The predicted molar refractivity (Wildman–Crippen MR) is 70.5 cm³/mol. The zero-order chi connectivity index (χ0) is 13.0. The van der Waals surface area contributed by atoms with Gasteiger partial charge in [0.2, 0.25) is 11.8 Å². The molecule has 4 rings (SSSR count). The Balaban J connectivity index is 1.85. The topological polar surface area (TPSA) is 51.1 Å². The molecular weight excluding hydrogens is 240 g/mol. The Labute approximate surface area is 110 Å². The second-order valence-corrected chi connectivity index (χ2v) is 5.62. The second-order valence-electron chi connectivity index (χ2n) is 5.62. The summed E-state index contributed by atoms with van der Waals surface area (Å²) in [5.41, 5.74) is 1.90. The molecule has 1 spiro atoms. The third kappa shape index (κ3) is 1.40. The second kappa shape index (κ2) is 3.47. The summed E-state index contributed by atoms with van der Waals surface area (Å²) in [6.07, 6.45) is 1.95. The maximum atomic E-state index is 12.1. The number of para-hydroxylation sites is 1. The predicted octanol–water partition coefficient (Wildman–Crippen LogP) is 1.62. The van der Waals surface area contributed by atoms with E-state index in [1.807, 2.05) is 12.1 Å². The van der Waals surface area contributed by atoms with E-state index in [1.54, 1.807) is 0 Å². The molecule has 0 saturated carbocycles. The lowest BCUT2D eigenvalue weighted by atomic mass is 9.79. The lowest BCUT2D eigenvalue weighted by Crippen LogP contribution is -2.39. The summed E-state index contributed by atoms with van der Waals surface area (Å²) in [5.74, 6) is -0.231. The summed E-state index contributed by atoms with van der Waals surface area (Å²) in [6, 6.07) is 10.4. The van der Waals surface area contributed by atoms with E-state index < -0.39 is 5.41 Å². The van der Waals surface area contributed by atoms with Crippen molar-refractivity contribution in [3.05, 3.63) is 36.0 Å². The number of nitrogens with one attached hydrogen (secondary N) is 1. The van der Waals surface area contributed by atoms with E-state index in [9.17, 15) is 9.59 Å². The zero-order valence-corrected chi connectivity index (χ0v) is 10.5. The molecule has 96 valence electrons. The molecule has 1 N–H and O–H groups in total. The Hall–Kier alpha value is -2.10. The van der Waals surface area contributed by atoms with Gasteiger partial charge in [0.25, 0.3) is 0 Å². The average Bonchev–Trinajstić information content (AvgIpc) is 2.88. The smallest absolute Gasteiger partial charge is 0.235 e. The lowest BCUT2D eigenvalue weighted by Gasteiger charge is -2.32. The number of benzene rings is 1. The first-order chi connectivity index (χ1) is 9.18. The molecule has 1 aromatic heterocycles. The summed E-state index contributed by atoms with van der Waals surface area (Å²) < 4.78 is 2.21. The minimum atomic E-state index is -0.522. The molecule has 0 radical (unpaired) electrons. The highest BCUT2D eigenvalue weighted by Gasteiger charge is 2.48. The van der Waals surface area contributed by atoms with Crippen LogP contribution >= 0.6 is 0 Å². The fourth-order valence-corrected chi connectivity index (χ4v) is 3.43. The maximum absolute atomic E-state index is 12.1. The summed E-state index contributed by atoms with van der Waals surface area (Å²) in [4.78, 5) is 23.6. The van der Waals surface area contributed by atoms with E-state index >= 15 is 0 Å². The summed E-state index contributed by atoms with van der Waals surface area (Å²) >= 11 is 0. The van der Waals surface area contributed by atoms with Gasteiger partial charge in [0.05, 0.1) is 5.41 Å². The number of carbonyl (C=O) groups excluding carboxylic acids is 2. The molecule has 0 bridgehead atoms. The van der Waals surface area contributed by atoms with E-state index in [-0.39, 0.29) is 11.8 Å². The molecule has 1 fully saturated rings. The Morgan fingerprint density at radius 3 is 2.84 bits per heavy atom. The minimum Gasteiger partial charge on any atom is -0.344 e. The number of rotatable bonds is 0. The van der Waals surface area contributed by atoms with Crippen LogP contribution in [0.15, 0.2) is 30.3 Å². The normalized spacial score (nSPS) is 25.9. The quantitative estimate of drug-likeness (QED) is 0.726.